The first-order valence-electron chi connectivity index (χ1n) is 6.18. The van der Waals surface area contributed by atoms with Crippen molar-refractivity contribution in [3.63, 3.8) is 0 Å². The van der Waals surface area contributed by atoms with Crippen LogP contribution in [0.25, 0.3) is 0 Å². The van der Waals surface area contributed by atoms with Gasteiger partial charge in [-0.1, -0.05) is 6.92 Å². The van der Waals surface area contributed by atoms with Gasteiger partial charge in [0.15, 0.2) is 0 Å². The number of hydrogen-bond donors (Lipinski definition) is 1. The van der Waals surface area contributed by atoms with Gasteiger partial charge in [0.05, 0.1) is 0 Å². The minimum atomic E-state index is 0.243. The van der Waals surface area contributed by atoms with Crippen molar-refractivity contribution in [3.05, 3.63) is 0 Å². The maximum atomic E-state index is 11.9. The maximum absolute atomic E-state index is 11.9. The van der Waals surface area contributed by atoms with Crippen molar-refractivity contribution in [2.24, 2.45) is 11.7 Å². The van der Waals surface area contributed by atoms with Gasteiger partial charge >= 0.3 is 0 Å². The first-order chi connectivity index (χ1) is 7.54. The summed E-state index contributed by atoms with van der Waals surface area (Å²) in [5.74, 6) is 0.536. The molecule has 1 aliphatic rings. The number of rotatable bonds is 4. The van der Waals surface area contributed by atoms with E-state index in [0.29, 0.717) is 24.9 Å². The fourth-order valence-electron chi connectivity index (χ4n) is 2.11. The summed E-state index contributed by atoms with van der Waals surface area (Å²) in [5, 5.41) is 0. The van der Waals surface area contributed by atoms with Gasteiger partial charge in [0.1, 0.15) is 0 Å². The Morgan fingerprint density at radius 2 is 2.06 bits per heavy atom. The van der Waals surface area contributed by atoms with Crippen molar-refractivity contribution in [1.82, 2.24) is 9.80 Å². The highest BCUT2D eigenvalue weighted by Gasteiger charge is 2.24. The van der Waals surface area contributed by atoms with Crippen LogP contribution in [-0.4, -0.2) is 55.5 Å². The van der Waals surface area contributed by atoms with Crippen LogP contribution in [0, 0.1) is 5.92 Å². The van der Waals surface area contributed by atoms with Crippen LogP contribution in [0.1, 0.15) is 26.2 Å². The first kappa shape index (κ1) is 13.5. The third-order valence-corrected chi connectivity index (χ3v) is 3.55. The van der Waals surface area contributed by atoms with Crippen LogP contribution in [-0.2, 0) is 4.79 Å². The molecule has 94 valence electrons. The van der Waals surface area contributed by atoms with E-state index < -0.39 is 0 Å². The SMILES string of the molecule is CC(CN)CC(=O)N(C)C1CCN(C)CC1. The summed E-state index contributed by atoms with van der Waals surface area (Å²) in [4.78, 5) is 16.2. The van der Waals surface area contributed by atoms with Crippen molar-refractivity contribution in [2.75, 3.05) is 33.7 Å². The van der Waals surface area contributed by atoms with E-state index >= 15 is 0 Å². The van der Waals surface area contributed by atoms with Gasteiger partial charge in [0.25, 0.3) is 0 Å². The molecule has 1 fully saturated rings. The quantitative estimate of drug-likeness (QED) is 0.762. The van der Waals surface area contributed by atoms with Crippen LogP contribution >= 0.6 is 0 Å². The molecule has 16 heavy (non-hydrogen) atoms. The van der Waals surface area contributed by atoms with Crippen molar-refractivity contribution in [1.29, 1.82) is 0 Å². The molecular formula is C12H25N3O. The molecule has 0 bridgehead atoms. The minimum absolute atomic E-state index is 0.243. The lowest BCUT2D eigenvalue weighted by Gasteiger charge is -2.35. The Morgan fingerprint density at radius 1 is 1.50 bits per heavy atom. The second-order valence-electron chi connectivity index (χ2n) is 5.08. The van der Waals surface area contributed by atoms with Crippen molar-refractivity contribution >= 4 is 5.91 Å². The van der Waals surface area contributed by atoms with Crippen LogP contribution in [0.5, 0.6) is 0 Å². The topological polar surface area (TPSA) is 49.6 Å². The second-order valence-corrected chi connectivity index (χ2v) is 5.08. The van der Waals surface area contributed by atoms with Crippen LogP contribution in [0.15, 0.2) is 0 Å². The number of amides is 1. The average Bonchev–Trinajstić information content (AvgIpc) is 2.28. The highest BCUT2D eigenvalue weighted by molar-refractivity contribution is 5.76. The monoisotopic (exact) mass is 227 g/mol. The summed E-state index contributed by atoms with van der Waals surface area (Å²) in [6, 6.07) is 0.425. The highest BCUT2D eigenvalue weighted by atomic mass is 16.2. The summed E-state index contributed by atoms with van der Waals surface area (Å²) in [5.41, 5.74) is 5.54. The number of carbonyl (C=O) groups is 1. The minimum Gasteiger partial charge on any atom is -0.343 e. The van der Waals surface area contributed by atoms with E-state index in [9.17, 15) is 4.79 Å². The number of carbonyl (C=O) groups excluding carboxylic acids is 1. The molecule has 1 rings (SSSR count). The van der Waals surface area contributed by atoms with Crippen LogP contribution in [0.3, 0.4) is 0 Å². The summed E-state index contributed by atoms with van der Waals surface area (Å²) in [7, 11) is 4.07. The molecule has 4 heteroatoms. The van der Waals surface area contributed by atoms with Gasteiger partial charge in [0.2, 0.25) is 5.91 Å². The van der Waals surface area contributed by atoms with E-state index in [1.54, 1.807) is 0 Å². The van der Waals surface area contributed by atoms with Crippen molar-refractivity contribution < 1.29 is 4.79 Å². The van der Waals surface area contributed by atoms with E-state index in [2.05, 4.69) is 11.9 Å². The molecule has 0 radical (unpaired) electrons. The Bertz CT molecular complexity index is 224. The van der Waals surface area contributed by atoms with E-state index in [1.165, 1.54) is 0 Å². The number of hydrogen-bond acceptors (Lipinski definition) is 3. The van der Waals surface area contributed by atoms with E-state index in [4.69, 9.17) is 5.73 Å². The standard InChI is InChI=1S/C12H25N3O/c1-10(9-13)8-12(16)15(3)11-4-6-14(2)7-5-11/h10-11H,4-9,13H2,1-3H3. The van der Waals surface area contributed by atoms with Gasteiger partial charge in [-0.2, -0.15) is 0 Å². The third-order valence-electron chi connectivity index (χ3n) is 3.55. The lowest BCUT2D eigenvalue weighted by molar-refractivity contribution is -0.133. The normalized spacial score (nSPS) is 20.8. The third kappa shape index (κ3) is 3.76. The van der Waals surface area contributed by atoms with Gasteiger partial charge in [-0.15, -0.1) is 0 Å². The average molecular weight is 227 g/mol. The van der Waals surface area contributed by atoms with Crippen LogP contribution in [0.2, 0.25) is 0 Å². The Balaban J connectivity index is 2.38. The zero-order valence-corrected chi connectivity index (χ0v) is 10.8. The Morgan fingerprint density at radius 3 is 2.56 bits per heavy atom. The van der Waals surface area contributed by atoms with Crippen molar-refractivity contribution in [2.45, 2.75) is 32.2 Å². The fourth-order valence-corrected chi connectivity index (χ4v) is 2.11. The van der Waals surface area contributed by atoms with Crippen molar-refractivity contribution in [3.8, 4) is 0 Å². The predicted molar refractivity (Wildman–Crippen MR) is 66.1 cm³/mol. The number of piperidine rings is 1. The molecule has 0 aromatic carbocycles. The highest BCUT2D eigenvalue weighted by Crippen LogP contribution is 2.16. The summed E-state index contributed by atoms with van der Waals surface area (Å²) < 4.78 is 0. The molecule has 0 aromatic heterocycles. The molecule has 1 heterocycles. The van der Waals surface area contributed by atoms with Gasteiger partial charge in [0, 0.05) is 19.5 Å². The molecule has 1 aliphatic heterocycles. The molecular weight excluding hydrogens is 202 g/mol. The fraction of sp³-hybridized carbons (Fsp3) is 0.917. The predicted octanol–water partition coefficient (Wildman–Crippen LogP) is 0.524. The molecule has 1 saturated heterocycles. The Hall–Kier alpha value is -0.610. The van der Waals surface area contributed by atoms with Gasteiger partial charge in [-0.3, -0.25) is 4.79 Å². The molecule has 0 saturated carbocycles. The van der Waals surface area contributed by atoms with Gasteiger partial charge in [-0.05, 0) is 45.4 Å². The molecule has 1 atom stereocenters. The lowest BCUT2D eigenvalue weighted by Crippen LogP contribution is -2.45. The number of nitrogens with two attached hydrogens (primary N) is 1. The molecule has 0 spiro atoms. The second kappa shape index (κ2) is 6.21. The smallest absolute Gasteiger partial charge is 0.222 e. The summed E-state index contributed by atoms with van der Waals surface area (Å²) in [6.45, 7) is 4.80. The zero-order chi connectivity index (χ0) is 12.1. The van der Waals surface area contributed by atoms with E-state index in [1.807, 2.05) is 18.9 Å². The molecule has 2 N–H and O–H groups in total. The van der Waals surface area contributed by atoms with Crippen LogP contribution < -0.4 is 5.73 Å². The maximum Gasteiger partial charge on any atom is 0.222 e. The molecule has 0 aromatic rings. The molecule has 1 amide bonds. The van der Waals surface area contributed by atoms with Gasteiger partial charge < -0.3 is 15.5 Å². The lowest BCUT2D eigenvalue weighted by atomic mass is 10.0. The largest absolute Gasteiger partial charge is 0.343 e. The Labute approximate surface area is 98.8 Å². The van der Waals surface area contributed by atoms with E-state index in [-0.39, 0.29) is 5.91 Å². The zero-order valence-electron chi connectivity index (χ0n) is 10.8. The van der Waals surface area contributed by atoms with Gasteiger partial charge in [-0.25, -0.2) is 0 Å². The number of likely N-dealkylation sites (tertiary alicyclic amines) is 1. The van der Waals surface area contributed by atoms with E-state index in [0.717, 1.165) is 25.9 Å². The number of nitrogens with zero attached hydrogens (tertiary/aromatic N) is 2. The summed E-state index contributed by atoms with van der Waals surface area (Å²) in [6.07, 6.45) is 2.77. The molecule has 1 unspecified atom stereocenters. The van der Waals surface area contributed by atoms with Crippen LogP contribution in [0.4, 0.5) is 0 Å². The first-order valence-corrected chi connectivity index (χ1v) is 6.18. The Kier molecular flexibility index (Phi) is 5.22. The molecule has 4 nitrogen and oxygen atoms in total. The summed E-state index contributed by atoms with van der Waals surface area (Å²) >= 11 is 0. The molecule has 0 aliphatic carbocycles.